The summed E-state index contributed by atoms with van der Waals surface area (Å²) in [5.74, 6) is 1.20. The first-order chi connectivity index (χ1) is 15.4. The van der Waals surface area contributed by atoms with Gasteiger partial charge in [0.25, 0.3) is 5.91 Å². The van der Waals surface area contributed by atoms with Crippen molar-refractivity contribution in [1.29, 1.82) is 0 Å². The number of nitrogens with zero attached hydrogens (tertiary/aromatic N) is 3. The van der Waals surface area contributed by atoms with Gasteiger partial charge in [0.15, 0.2) is 0 Å². The van der Waals surface area contributed by atoms with Crippen LogP contribution in [0.25, 0.3) is 0 Å². The van der Waals surface area contributed by atoms with Gasteiger partial charge in [0.05, 0.1) is 16.8 Å². The van der Waals surface area contributed by atoms with Crippen LogP contribution < -0.4 is 10.4 Å². The van der Waals surface area contributed by atoms with Gasteiger partial charge in [-0.2, -0.15) is 5.10 Å². The monoisotopic (exact) mass is 472 g/mol. The highest BCUT2D eigenvalue weighted by Gasteiger charge is 2.42. The zero-order chi connectivity index (χ0) is 22.4. The number of anilines is 1. The van der Waals surface area contributed by atoms with Gasteiger partial charge < -0.3 is 5.11 Å². The number of hydrazine groups is 1. The number of carbonyl (C=O) groups is 1. The Morgan fingerprint density at radius 1 is 1.09 bits per heavy atom. The van der Waals surface area contributed by atoms with Gasteiger partial charge in [-0.25, -0.2) is 5.01 Å². The Morgan fingerprint density at radius 2 is 1.78 bits per heavy atom. The average molecular weight is 473 g/mol. The van der Waals surface area contributed by atoms with Crippen molar-refractivity contribution in [2.75, 3.05) is 18.1 Å². The molecule has 1 amide bonds. The van der Waals surface area contributed by atoms with E-state index in [1.807, 2.05) is 25.1 Å². The second-order valence-corrected chi connectivity index (χ2v) is 9.89. The lowest BCUT2D eigenvalue weighted by molar-refractivity contribution is -0.119. The van der Waals surface area contributed by atoms with E-state index in [9.17, 15) is 9.90 Å². The molecule has 2 aliphatic heterocycles. The van der Waals surface area contributed by atoms with Crippen LogP contribution in [-0.4, -0.2) is 34.8 Å². The van der Waals surface area contributed by atoms with Crippen LogP contribution in [0.3, 0.4) is 0 Å². The Balaban J connectivity index is 1.44. The summed E-state index contributed by atoms with van der Waals surface area (Å²) < 4.78 is 0. The van der Waals surface area contributed by atoms with Crippen LogP contribution in [0.2, 0.25) is 10.0 Å². The smallest absolute Gasteiger partial charge is 0.282 e. The van der Waals surface area contributed by atoms with E-state index in [1.54, 1.807) is 29.3 Å². The maximum absolute atomic E-state index is 13.3. The van der Waals surface area contributed by atoms with E-state index in [1.165, 1.54) is 19.3 Å². The minimum Gasteiger partial charge on any atom is -0.508 e. The number of phenolic OH excluding ortho intramolecular Hbond substituents is 1. The molecule has 2 aromatic rings. The molecule has 3 aliphatic rings. The van der Waals surface area contributed by atoms with Crippen molar-refractivity contribution in [3.63, 3.8) is 0 Å². The molecule has 0 spiro atoms. The fourth-order valence-electron chi connectivity index (χ4n) is 5.38. The van der Waals surface area contributed by atoms with Crippen molar-refractivity contribution < 1.29 is 9.90 Å². The molecule has 8 heteroatoms. The normalized spacial score (nSPS) is 27.5. The molecular weight excluding hydrogens is 447 g/mol. The molecular formula is C24H26Cl2N4O2. The lowest BCUT2D eigenvalue weighted by Gasteiger charge is -2.27. The van der Waals surface area contributed by atoms with Crippen LogP contribution >= 0.6 is 23.2 Å². The summed E-state index contributed by atoms with van der Waals surface area (Å²) in [7, 11) is 0. The summed E-state index contributed by atoms with van der Waals surface area (Å²) in [5, 5.41) is 19.3. The van der Waals surface area contributed by atoms with E-state index >= 15 is 0 Å². The number of carbonyl (C=O) groups excluding carboxylic acids is 1. The maximum Gasteiger partial charge on any atom is 0.282 e. The van der Waals surface area contributed by atoms with Crippen molar-refractivity contribution in [2.45, 2.75) is 32.2 Å². The van der Waals surface area contributed by atoms with Crippen LogP contribution in [-0.2, 0) is 4.79 Å². The van der Waals surface area contributed by atoms with Gasteiger partial charge in [0.1, 0.15) is 11.5 Å². The van der Waals surface area contributed by atoms with Gasteiger partial charge in [-0.15, -0.1) is 0 Å². The number of halogens is 2. The quantitative estimate of drug-likeness (QED) is 0.655. The number of hydrogen-bond donors (Lipinski definition) is 2. The number of amides is 1. The number of rotatable bonds is 4. The maximum atomic E-state index is 13.3. The number of hydrazone groups is 1. The van der Waals surface area contributed by atoms with E-state index < -0.39 is 0 Å². The summed E-state index contributed by atoms with van der Waals surface area (Å²) in [6.45, 7) is 3.82. The van der Waals surface area contributed by atoms with Crippen LogP contribution in [0, 0.1) is 17.8 Å². The molecule has 0 bridgehead atoms. The lowest BCUT2D eigenvalue weighted by Crippen LogP contribution is -2.45. The van der Waals surface area contributed by atoms with Crippen molar-refractivity contribution in [2.24, 2.45) is 22.9 Å². The van der Waals surface area contributed by atoms with Crippen LogP contribution in [0.5, 0.6) is 5.75 Å². The Bertz CT molecular complexity index is 1050. The molecule has 2 unspecified atom stereocenters. The van der Waals surface area contributed by atoms with Gasteiger partial charge >= 0.3 is 0 Å². The number of benzene rings is 2. The largest absolute Gasteiger partial charge is 0.508 e. The Kier molecular flexibility index (Phi) is 5.78. The van der Waals surface area contributed by atoms with E-state index in [2.05, 4.69) is 10.4 Å². The molecule has 5 rings (SSSR count). The number of fused-ring (bicyclic) bond motifs is 1. The molecule has 1 aliphatic carbocycles. The molecule has 0 aromatic heterocycles. The number of aromatic hydroxyl groups is 1. The summed E-state index contributed by atoms with van der Waals surface area (Å²) in [6, 6.07) is 12.0. The minimum atomic E-state index is -0.243. The van der Waals surface area contributed by atoms with Crippen LogP contribution in [0.1, 0.15) is 37.8 Å². The van der Waals surface area contributed by atoms with Gasteiger partial charge in [0.2, 0.25) is 0 Å². The van der Waals surface area contributed by atoms with Crippen LogP contribution in [0.15, 0.2) is 47.6 Å². The SMILES string of the molecule is C[C@H]1C(C(=O)NN2CC3CCCC3C2)=NN(c2ccc(Cl)cc2Cl)[C@H]1c1ccc(O)cc1. The Hall–Kier alpha value is -2.28. The molecule has 1 saturated carbocycles. The topological polar surface area (TPSA) is 68.2 Å². The molecule has 0 radical (unpaired) electrons. The lowest BCUT2D eigenvalue weighted by atomic mass is 9.91. The minimum absolute atomic E-state index is 0.172. The van der Waals surface area contributed by atoms with Gasteiger partial charge in [0, 0.05) is 24.0 Å². The number of hydrogen-bond acceptors (Lipinski definition) is 5. The molecule has 6 nitrogen and oxygen atoms in total. The highest BCUT2D eigenvalue weighted by molar-refractivity contribution is 6.41. The highest BCUT2D eigenvalue weighted by Crippen LogP contribution is 2.43. The zero-order valence-electron chi connectivity index (χ0n) is 17.8. The predicted octanol–water partition coefficient (Wildman–Crippen LogP) is 5.02. The Morgan fingerprint density at radius 3 is 2.44 bits per heavy atom. The molecule has 2 aromatic carbocycles. The van der Waals surface area contributed by atoms with Crippen molar-refractivity contribution >= 4 is 40.5 Å². The average Bonchev–Trinajstić information content (AvgIpc) is 3.42. The molecule has 4 atom stereocenters. The number of nitrogens with one attached hydrogen (secondary N) is 1. The number of phenols is 1. The van der Waals surface area contributed by atoms with E-state index in [0.717, 1.165) is 18.7 Å². The standard InChI is InChI=1S/C24H26Cl2N4O2/c1-14-22(24(32)28-29-12-16-3-2-4-17(16)13-29)27-30(21-10-7-18(25)11-20(21)26)23(14)15-5-8-19(31)9-6-15/h5-11,14,16-17,23,31H,2-4,12-13H2,1H3,(H,28,32)/t14-,16?,17?,23+/m0/s1. The molecule has 1 saturated heterocycles. The fourth-order valence-corrected chi connectivity index (χ4v) is 5.88. The van der Waals surface area contributed by atoms with E-state index in [-0.39, 0.29) is 23.6 Å². The first-order valence-corrected chi connectivity index (χ1v) is 11.8. The molecule has 2 heterocycles. The second-order valence-electron chi connectivity index (χ2n) is 9.05. The van der Waals surface area contributed by atoms with Crippen LogP contribution in [0.4, 0.5) is 5.69 Å². The first kappa shape index (κ1) is 21.6. The summed E-state index contributed by atoms with van der Waals surface area (Å²) in [5.41, 5.74) is 5.18. The highest BCUT2D eigenvalue weighted by atomic mass is 35.5. The third-order valence-electron chi connectivity index (χ3n) is 6.99. The third-order valence-corrected chi connectivity index (χ3v) is 7.53. The molecule has 2 fully saturated rings. The second kappa shape index (κ2) is 8.58. The summed E-state index contributed by atoms with van der Waals surface area (Å²) >= 11 is 12.6. The van der Waals surface area contributed by atoms with Crippen molar-refractivity contribution in [3.05, 3.63) is 58.1 Å². The van der Waals surface area contributed by atoms with Crippen molar-refractivity contribution in [3.8, 4) is 5.75 Å². The van der Waals surface area contributed by atoms with Crippen molar-refractivity contribution in [1.82, 2.24) is 10.4 Å². The summed E-state index contributed by atoms with van der Waals surface area (Å²) in [6.07, 6.45) is 3.80. The van der Waals surface area contributed by atoms with E-state index in [4.69, 9.17) is 28.3 Å². The Labute approximate surface area is 197 Å². The van der Waals surface area contributed by atoms with E-state index in [0.29, 0.717) is 33.3 Å². The molecule has 32 heavy (non-hydrogen) atoms. The zero-order valence-corrected chi connectivity index (χ0v) is 19.4. The first-order valence-electron chi connectivity index (χ1n) is 11.1. The predicted molar refractivity (Wildman–Crippen MR) is 127 cm³/mol. The third kappa shape index (κ3) is 3.96. The molecule has 168 valence electrons. The fraction of sp³-hybridized carbons (Fsp3) is 0.417. The molecule has 2 N–H and O–H groups in total. The van der Waals surface area contributed by atoms with Gasteiger partial charge in [-0.05, 0) is 60.6 Å². The summed E-state index contributed by atoms with van der Waals surface area (Å²) in [4.78, 5) is 13.3. The van der Waals surface area contributed by atoms with Gasteiger partial charge in [-0.3, -0.25) is 15.2 Å². The van der Waals surface area contributed by atoms with Gasteiger partial charge in [-0.1, -0.05) is 48.7 Å².